The molecule has 0 saturated carbocycles. The molecule has 0 bridgehead atoms. The van der Waals surface area contributed by atoms with E-state index in [4.69, 9.17) is 4.74 Å². The summed E-state index contributed by atoms with van der Waals surface area (Å²) >= 11 is 1.57. The molecule has 1 saturated heterocycles. The highest BCUT2D eigenvalue weighted by Gasteiger charge is 2.29. The molecule has 6 rings (SSSR count). The van der Waals surface area contributed by atoms with Crippen molar-refractivity contribution >= 4 is 44.9 Å². The Morgan fingerprint density at radius 2 is 1.78 bits per heavy atom. The van der Waals surface area contributed by atoms with E-state index in [1.165, 1.54) is 0 Å². The molecule has 9 heteroatoms. The van der Waals surface area contributed by atoms with Gasteiger partial charge in [-0.2, -0.15) is 0 Å². The molecule has 0 aliphatic carbocycles. The zero-order chi connectivity index (χ0) is 28.3. The first-order valence-electron chi connectivity index (χ1n) is 14.0. The van der Waals surface area contributed by atoms with Crippen LogP contribution < -0.4 is 9.80 Å². The Kier molecular flexibility index (Phi) is 7.89. The van der Waals surface area contributed by atoms with Gasteiger partial charge in [0.05, 0.1) is 6.54 Å². The largest absolute Gasteiger partial charge is 0.506 e. The Balaban J connectivity index is 1.12. The molecule has 2 aliphatic heterocycles. The minimum Gasteiger partial charge on any atom is -0.450 e. The van der Waals surface area contributed by atoms with Gasteiger partial charge >= 0.3 is 6.16 Å². The first-order chi connectivity index (χ1) is 19.9. The lowest BCUT2D eigenvalue weighted by atomic mass is 9.97. The van der Waals surface area contributed by atoms with E-state index in [9.17, 15) is 19.1 Å². The van der Waals surface area contributed by atoms with Crippen LogP contribution in [0, 0.1) is 5.82 Å². The van der Waals surface area contributed by atoms with Crippen molar-refractivity contribution in [2.75, 3.05) is 49.1 Å². The number of aryl methyl sites for hydroxylation is 1. The number of thiophene rings is 1. The van der Waals surface area contributed by atoms with Crippen molar-refractivity contribution in [3.05, 3.63) is 94.6 Å². The summed E-state index contributed by atoms with van der Waals surface area (Å²) in [6.07, 6.45) is -0.266. The summed E-state index contributed by atoms with van der Waals surface area (Å²) in [6.45, 7) is 4.47. The molecule has 2 aliphatic rings. The first-order valence-corrected chi connectivity index (χ1v) is 14.8. The van der Waals surface area contributed by atoms with E-state index in [2.05, 4.69) is 34.1 Å². The van der Waals surface area contributed by atoms with E-state index >= 15 is 0 Å². The molecular weight excluding hydrogens is 541 g/mol. The lowest BCUT2D eigenvalue weighted by Crippen LogP contribution is -2.47. The quantitative estimate of drug-likeness (QED) is 0.256. The maximum Gasteiger partial charge on any atom is 0.506 e. The van der Waals surface area contributed by atoms with Crippen LogP contribution in [0.5, 0.6) is 0 Å². The Bertz CT molecular complexity index is 1550. The number of carbonyl (C=O) groups is 2. The van der Waals surface area contributed by atoms with Gasteiger partial charge in [0.2, 0.25) is 5.91 Å². The molecule has 41 heavy (non-hydrogen) atoms. The van der Waals surface area contributed by atoms with Crippen molar-refractivity contribution < 1.29 is 23.8 Å². The summed E-state index contributed by atoms with van der Waals surface area (Å²) in [7, 11) is 0. The molecular formula is C32H32FN3O4S. The van der Waals surface area contributed by atoms with Crippen LogP contribution in [0.2, 0.25) is 0 Å². The molecule has 1 aromatic heterocycles. The van der Waals surface area contributed by atoms with Gasteiger partial charge in [-0.1, -0.05) is 42.5 Å². The highest BCUT2D eigenvalue weighted by molar-refractivity contribution is 7.17. The number of carboxylic acid groups (broad SMARTS) is 1. The number of rotatable bonds is 8. The third-order valence-corrected chi connectivity index (χ3v) is 8.92. The number of benzene rings is 3. The van der Waals surface area contributed by atoms with E-state index < -0.39 is 12.3 Å². The molecule has 1 atom stereocenters. The van der Waals surface area contributed by atoms with Gasteiger partial charge in [0.25, 0.3) is 0 Å². The first kappa shape index (κ1) is 27.2. The third kappa shape index (κ3) is 6.06. The van der Waals surface area contributed by atoms with Gasteiger partial charge in [0, 0.05) is 60.6 Å². The van der Waals surface area contributed by atoms with Crippen molar-refractivity contribution in [3.63, 3.8) is 0 Å². The predicted octanol–water partition coefficient (Wildman–Crippen LogP) is 6.12. The highest BCUT2D eigenvalue weighted by atomic mass is 32.1. The number of ether oxygens (including phenoxy) is 1. The molecule has 0 radical (unpaired) electrons. The normalized spacial score (nSPS) is 16.6. The van der Waals surface area contributed by atoms with Crippen molar-refractivity contribution in [3.8, 4) is 0 Å². The van der Waals surface area contributed by atoms with Crippen LogP contribution in [0.1, 0.15) is 29.2 Å². The fourth-order valence-corrected chi connectivity index (χ4v) is 6.72. The van der Waals surface area contributed by atoms with Crippen LogP contribution in [-0.4, -0.2) is 61.3 Å². The van der Waals surface area contributed by atoms with Crippen LogP contribution in [-0.2, 0) is 22.4 Å². The number of hydrogen-bond acceptors (Lipinski definition) is 6. The standard InChI is InChI=1S/C32H32FN3O4S/c33-25-19-28(26-11-17-41-30(26)20-25)35-15-13-34(14-16-35)12-10-22-6-7-23-8-9-31(37)36(27(23)18-22)21-29(40-32(38)39)24-4-2-1-3-5-24/h1-7,11,17-20,29H,8-10,12-16,21H2,(H,38,39). The van der Waals surface area contributed by atoms with E-state index in [0.29, 0.717) is 18.4 Å². The number of fused-ring (bicyclic) bond motifs is 2. The van der Waals surface area contributed by atoms with Gasteiger partial charge in [-0.25, -0.2) is 9.18 Å². The average Bonchev–Trinajstić information content (AvgIpc) is 3.45. The van der Waals surface area contributed by atoms with Crippen LogP contribution in [0.4, 0.5) is 20.6 Å². The second-order valence-corrected chi connectivity index (χ2v) is 11.5. The number of piperazine rings is 1. The Labute approximate surface area is 242 Å². The molecule has 3 aromatic carbocycles. The Morgan fingerprint density at radius 1 is 0.976 bits per heavy atom. The fourth-order valence-electron chi connectivity index (χ4n) is 5.89. The minimum absolute atomic E-state index is 0.0298. The molecule has 4 aromatic rings. The second-order valence-electron chi connectivity index (χ2n) is 10.6. The monoisotopic (exact) mass is 573 g/mol. The molecule has 3 heterocycles. The van der Waals surface area contributed by atoms with E-state index in [0.717, 1.165) is 71.7 Å². The molecule has 7 nitrogen and oxygen atoms in total. The Hall–Kier alpha value is -3.95. The van der Waals surface area contributed by atoms with E-state index in [-0.39, 0.29) is 18.3 Å². The van der Waals surface area contributed by atoms with Crippen LogP contribution in [0.25, 0.3) is 10.1 Å². The van der Waals surface area contributed by atoms with E-state index in [1.807, 2.05) is 35.7 Å². The maximum atomic E-state index is 14.2. The zero-order valence-corrected chi connectivity index (χ0v) is 23.5. The summed E-state index contributed by atoms with van der Waals surface area (Å²) in [5.74, 6) is -0.223. The Morgan fingerprint density at radius 3 is 2.56 bits per heavy atom. The van der Waals surface area contributed by atoms with Crippen molar-refractivity contribution in [2.45, 2.75) is 25.4 Å². The smallest absolute Gasteiger partial charge is 0.450 e. The summed E-state index contributed by atoms with van der Waals surface area (Å²) in [6, 6.07) is 20.8. The van der Waals surface area contributed by atoms with Gasteiger partial charge in [0.1, 0.15) is 11.9 Å². The van der Waals surface area contributed by atoms with Crippen LogP contribution in [0.15, 0.2) is 72.1 Å². The average molecular weight is 574 g/mol. The van der Waals surface area contributed by atoms with Gasteiger partial charge in [-0.3, -0.25) is 9.69 Å². The van der Waals surface area contributed by atoms with Crippen molar-refractivity contribution in [2.24, 2.45) is 0 Å². The number of halogens is 1. The van der Waals surface area contributed by atoms with E-state index in [1.54, 1.807) is 28.4 Å². The number of hydrogen-bond donors (Lipinski definition) is 1. The third-order valence-electron chi connectivity index (χ3n) is 8.06. The summed E-state index contributed by atoms with van der Waals surface area (Å²) < 4.78 is 20.4. The van der Waals surface area contributed by atoms with Crippen molar-refractivity contribution in [1.82, 2.24) is 4.90 Å². The summed E-state index contributed by atoms with van der Waals surface area (Å²) in [5.41, 5.74) is 4.74. The van der Waals surface area contributed by atoms with Gasteiger partial charge < -0.3 is 19.6 Å². The van der Waals surface area contributed by atoms with Gasteiger partial charge in [-0.15, -0.1) is 11.3 Å². The predicted molar refractivity (Wildman–Crippen MR) is 160 cm³/mol. The molecule has 212 valence electrons. The highest BCUT2D eigenvalue weighted by Crippen LogP contribution is 2.34. The molecule has 1 unspecified atom stereocenters. The number of amides is 1. The number of carbonyl (C=O) groups excluding carboxylic acids is 1. The summed E-state index contributed by atoms with van der Waals surface area (Å²) in [5, 5.41) is 12.5. The summed E-state index contributed by atoms with van der Waals surface area (Å²) in [4.78, 5) is 30.9. The molecule has 1 fully saturated rings. The second kappa shape index (κ2) is 11.9. The molecule has 1 N–H and O–H groups in total. The SMILES string of the molecule is O=C(O)OC(CN1C(=O)CCc2ccc(CCN3CCN(c4cc(F)cc5sccc45)CC3)cc21)c1ccccc1. The van der Waals surface area contributed by atoms with Crippen molar-refractivity contribution in [1.29, 1.82) is 0 Å². The fraction of sp³-hybridized carbons (Fsp3) is 0.312. The topological polar surface area (TPSA) is 73.3 Å². The number of anilines is 2. The van der Waals surface area contributed by atoms with Gasteiger partial charge in [0.15, 0.2) is 0 Å². The zero-order valence-electron chi connectivity index (χ0n) is 22.7. The maximum absolute atomic E-state index is 14.2. The number of nitrogens with zero attached hydrogens (tertiary/aromatic N) is 3. The van der Waals surface area contributed by atoms with Crippen LogP contribution in [0.3, 0.4) is 0 Å². The minimum atomic E-state index is -1.37. The lowest BCUT2D eigenvalue weighted by Gasteiger charge is -2.36. The molecule has 1 amide bonds. The lowest BCUT2D eigenvalue weighted by molar-refractivity contribution is -0.119. The van der Waals surface area contributed by atoms with Gasteiger partial charge in [-0.05, 0) is 59.2 Å². The van der Waals surface area contributed by atoms with Crippen LogP contribution >= 0.6 is 11.3 Å². The molecule has 0 spiro atoms.